The van der Waals surface area contributed by atoms with E-state index in [4.69, 9.17) is 20.4 Å². The maximum Gasteiger partial charge on any atom is 0.122 e. The topological polar surface area (TPSA) is 98.0 Å². The zero-order valence-corrected chi connectivity index (χ0v) is 5.92. The molecule has 0 spiro atoms. The molecule has 0 aromatic heterocycles. The molecule has 0 saturated heterocycles. The molecular weight excluding hydrogens is 154 g/mol. The van der Waals surface area contributed by atoms with Crippen molar-refractivity contribution < 1.29 is 25.2 Å². The Bertz CT molecular complexity index is 116. The lowest BCUT2D eigenvalue weighted by Crippen LogP contribution is -2.39. The molecule has 0 saturated carbocycles. The predicted octanol–water partition coefficient (Wildman–Crippen LogP) is -2.35. The third-order valence-corrected chi connectivity index (χ3v) is 1.31. The first-order chi connectivity index (χ1) is 5.13. The van der Waals surface area contributed by atoms with Gasteiger partial charge in [0.25, 0.3) is 0 Å². The third-order valence-electron chi connectivity index (χ3n) is 1.31. The van der Waals surface area contributed by atoms with Crippen molar-refractivity contribution in [3.63, 3.8) is 0 Å². The van der Waals surface area contributed by atoms with Crippen LogP contribution >= 0.6 is 0 Å². The summed E-state index contributed by atoms with van der Waals surface area (Å²) in [5.74, 6) is 0. The van der Waals surface area contributed by atoms with E-state index < -0.39 is 24.9 Å². The minimum Gasteiger partial charge on any atom is -0.394 e. The summed E-state index contributed by atoms with van der Waals surface area (Å²) in [7, 11) is 0. The van der Waals surface area contributed by atoms with Crippen LogP contribution in [0.3, 0.4) is 0 Å². The van der Waals surface area contributed by atoms with Crippen molar-refractivity contribution in [2.24, 2.45) is 0 Å². The van der Waals surface area contributed by atoms with E-state index in [1.54, 1.807) is 0 Å². The SMILES string of the molecule is O=[14CH]CC(O)C(O)C(O)CO. The number of carbonyl (C=O) groups excluding carboxylic acids is 1. The molecule has 0 aliphatic rings. The number of hydrogen-bond donors (Lipinski definition) is 4. The van der Waals surface area contributed by atoms with Gasteiger partial charge >= 0.3 is 0 Å². The second-order valence-corrected chi connectivity index (χ2v) is 2.21. The lowest BCUT2D eigenvalue weighted by Gasteiger charge is -2.19. The Morgan fingerprint density at radius 3 is 2.09 bits per heavy atom. The Labute approximate surface area is 63.9 Å². The Morgan fingerprint density at radius 2 is 1.73 bits per heavy atom. The van der Waals surface area contributed by atoms with Gasteiger partial charge in [0.15, 0.2) is 0 Å². The van der Waals surface area contributed by atoms with Gasteiger partial charge in [-0.25, -0.2) is 0 Å². The summed E-state index contributed by atoms with van der Waals surface area (Å²) < 4.78 is 0. The molecule has 0 aromatic carbocycles. The van der Waals surface area contributed by atoms with Crippen LogP contribution in [-0.4, -0.2) is 51.6 Å². The van der Waals surface area contributed by atoms with E-state index >= 15 is 0 Å². The van der Waals surface area contributed by atoms with Crippen LogP contribution in [0.2, 0.25) is 0 Å². The highest BCUT2D eigenvalue weighted by Crippen LogP contribution is 2.01. The van der Waals surface area contributed by atoms with E-state index in [2.05, 4.69) is 0 Å². The maximum absolute atomic E-state index is 9.82. The highest BCUT2D eigenvalue weighted by molar-refractivity contribution is 5.50. The summed E-state index contributed by atoms with van der Waals surface area (Å²) in [4.78, 5) is 9.82. The normalized spacial score (nSPS) is 18.9. The highest BCUT2D eigenvalue weighted by Gasteiger charge is 2.23. The zero-order valence-electron chi connectivity index (χ0n) is 5.92. The van der Waals surface area contributed by atoms with E-state index in [0.717, 1.165) is 0 Å². The molecule has 0 rings (SSSR count). The van der Waals surface area contributed by atoms with Gasteiger partial charge in [-0.1, -0.05) is 0 Å². The molecule has 0 amide bonds. The van der Waals surface area contributed by atoms with Gasteiger partial charge in [-0.2, -0.15) is 0 Å². The molecule has 5 nitrogen and oxygen atoms in total. The van der Waals surface area contributed by atoms with Gasteiger partial charge in [0.2, 0.25) is 0 Å². The summed E-state index contributed by atoms with van der Waals surface area (Å²) in [5.41, 5.74) is 0. The van der Waals surface area contributed by atoms with Crippen molar-refractivity contribution in [1.29, 1.82) is 0 Å². The molecule has 11 heavy (non-hydrogen) atoms. The fraction of sp³-hybridized carbons (Fsp3) is 0.833. The average molecular weight is 166 g/mol. The van der Waals surface area contributed by atoms with Crippen LogP contribution in [0.15, 0.2) is 0 Å². The molecule has 0 aliphatic heterocycles. The lowest BCUT2D eigenvalue weighted by molar-refractivity contribution is -0.115. The fourth-order valence-electron chi connectivity index (χ4n) is 0.602. The van der Waals surface area contributed by atoms with Crippen molar-refractivity contribution in [1.82, 2.24) is 0 Å². The number of aldehydes is 1. The summed E-state index contributed by atoms with van der Waals surface area (Å²) in [6.07, 6.45) is -4.00. The second kappa shape index (κ2) is 5.20. The molecule has 0 radical (unpaired) electrons. The first-order valence-corrected chi connectivity index (χ1v) is 3.22. The summed E-state index contributed by atoms with van der Waals surface area (Å²) in [6.45, 7) is -0.642. The lowest BCUT2D eigenvalue weighted by atomic mass is 10.1. The second-order valence-electron chi connectivity index (χ2n) is 2.21. The molecular formula is C6H12O5. The van der Waals surface area contributed by atoms with Crippen LogP contribution in [0.4, 0.5) is 0 Å². The van der Waals surface area contributed by atoms with Crippen LogP contribution in [0.5, 0.6) is 0 Å². The maximum atomic E-state index is 9.82. The van der Waals surface area contributed by atoms with E-state index in [1.807, 2.05) is 0 Å². The van der Waals surface area contributed by atoms with E-state index in [9.17, 15) is 4.79 Å². The van der Waals surface area contributed by atoms with Gasteiger partial charge in [0, 0.05) is 6.42 Å². The average Bonchev–Trinajstić information content (AvgIpc) is 2.02. The van der Waals surface area contributed by atoms with Crippen molar-refractivity contribution in [2.45, 2.75) is 24.7 Å². The van der Waals surface area contributed by atoms with Crippen LogP contribution in [0, 0.1) is 0 Å². The first-order valence-electron chi connectivity index (χ1n) is 3.22. The van der Waals surface area contributed by atoms with Crippen LogP contribution in [-0.2, 0) is 4.79 Å². The number of carbonyl (C=O) groups is 1. The molecule has 0 bridgehead atoms. The minimum absolute atomic E-state index is 0.252. The molecule has 66 valence electrons. The Morgan fingerprint density at radius 1 is 1.18 bits per heavy atom. The van der Waals surface area contributed by atoms with E-state index in [0.29, 0.717) is 6.29 Å². The molecule has 0 aromatic rings. The predicted molar refractivity (Wildman–Crippen MR) is 35.8 cm³/mol. The monoisotopic (exact) mass is 166 g/mol. The largest absolute Gasteiger partial charge is 0.394 e. The van der Waals surface area contributed by atoms with Gasteiger partial charge in [0.1, 0.15) is 18.5 Å². The zero-order chi connectivity index (χ0) is 8.85. The van der Waals surface area contributed by atoms with Gasteiger partial charge < -0.3 is 25.2 Å². The van der Waals surface area contributed by atoms with Crippen LogP contribution in [0.25, 0.3) is 0 Å². The van der Waals surface area contributed by atoms with Crippen molar-refractivity contribution >= 4 is 6.29 Å². The minimum atomic E-state index is -1.47. The van der Waals surface area contributed by atoms with Gasteiger partial charge in [-0.15, -0.1) is 0 Å². The highest BCUT2D eigenvalue weighted by atomic mass is 16.4. The molecule has 5 heteroatoms. The van der Waals surface area contributed by atoms with Gasteiger partial charge in [0.05, 0.1) is 12.7 Å². The Hall–Kier alpha value is -0.490. The Balaban J connectivity index is 3.79. The summed E-state index contributed by atoms with van der Waals surface area (Å²) in [6, 6.07) is 0. The number of aliphatic hydroxyl groups excluding tert-OH is 4. The molecule has 4 N–H and O–H groups in total. The van der Waals surface area contributed by atoms with Crippen molar-refractivity contribution in [3.8, 4) is 0 Å². The summed E-state index contributed by atoms with van der Waals surface area (Å²) >= 11 is 0. The van der Waals surface area contributed by atoms with Crippen molar-refractivity contribution in [2.75, 3.05) is 6.61 Å². The molecule has 0 aliphatic carbocycles. The number of aliphatic hydroxyl groups is 4. The number of hydrogen-bond acceptors (Lipinski definition) is 5. The number of rotatable bonds is 5. The van der Waals surface area contributed by atoms with Crippen LogP contribution < -0.4 is 0 Å². The summed E-state index contributed by atoms with van der Waals surface area (Å²) in [5, 5.41) is 34.8. The Kier molecular flexibility index (Phi) is 4.97. The van der Waals surface area contributed by atoms with E-state index in [1.165, 1.54) is 0 Å². The molecule has 0 heterocycles. The van der Waals surface area contributed by atoms with Crippen molar-refractivity contribution in [3.05, 3.63) is 0 Å². The fourth-order valence-corrected chi connectivity index (χ4v) is 0.602. The quantitative estimate of drug-likeness (QED) is 0.343. The molecule has 0 fully saturated rings. The van der Waals surface area contributed by atoms with Gasteiger partial charge in [-0.3, -0.25) is 0 Å². The van der Waals surface area contributed by atoms with Gasteiger partial charge in [-0.05, 0) is 0 Å². The first kappa shape index (κ1) is 10.5. The standard InChI is InChI=1S/C6H12O5/c7-2-1-4(9)6(11)5(10)3-8/h2,4-6,8-11H,1,3H2/i2+2. The molecule has 3 atom stereocenters. The molecule has 3 unspecified atom stereocenters. The smallest absolute Gasteiger partial charge is 0.122 e. The van der Waals surface area contributed by atoms with Crippen LogP contribution in [0.1, 0.15) is 6.42 Å². The van der Waals surface area contributed by atoms with E-state index in [-0.39, 0.29) is 6.42 Å². The third kappa shape index (κ3) is 3.43.